The largest absolute Gasteiger partial charge is 0.347 e. The van der Waals surface area contributed by atoms with Crippen LogP contribution in [0.15, 0.2) is 30.5 Å². The highest BCUT2D eigenvalue weighted by atomic mass is 16.1. The summed E-state index contributed by atoms with van der Waals surface area (Å²) in [4.78, 5) is 17.3. The van der Waals surface area contributed by atoms with E-state index < -0.39 is 0 Å². The zero-order chi connectivity index (χ0) is 18.1. The molecule has 0 N–H and O–H groups in total. The molecule has 2 aromatic rings. The second-order valence-electron chi connectivity index (χ2n) is 8.05. The first-order valence-electron chi connectivity index (χ1n) is 10.2. The van der Waals surface area contributed by atoms with Crippen molar-refractivity contribution in [3.8, 4) is 0 Å². The summed E-state index contributed by atoms with van der Waals surface area (Å²) in [6.45, 7) is 9.91. The average Bonchev–Trinajstić information content (AvgIpc) is 3.32. The normalized spacial score (nSPS) is 23.3. The Kier molecular flexibility index (Phi) is 5.14. The van der Waals surface area contributed by atoms with Crippen molar-refractivity contribution in [1.82, 2.24) is 14.4 Å². The number of unbranched alkanes of at least 4 members (excludes halogenated alkanes) is 1. The van der Waals surface area contributed by atoms with Crippen LogP contribution < -0.4 is 0 Å². The van der Waals surface area contributed by atoms with E-state index in [-0.39, 0.29) is 5.78 Å². The Bertz CT molecular complexity index is 781. The summed E-state index contributed by atoms with van der Waals surface area (Å²) in [5.74, 6) is 0.156. The fourth-order valence-electron chi connectivity index (χ4n) is 4.90. The Balaban J connectivity index is 1.34. The summed E-state index contributed by atoms with van der Waals surface area (Å²) >= 11 is 0. The molecular weight excluding hydrogens is 322 g/mol. The van der Waals surface area contributed by atoms with Crippen molar-refractivity contribution in [2.24, 2.45) is 0 Å². The van der Waals surface area contributed by atoms with Crippen molar-refractivity contribution >= 4 is 16.7 Å². The Morgan fingerprint density at radius 2 is 1.73 bits per heavy atom. The number of ketones is 1. The van der Waals surface area contributed by atoms with Crippen LogP contribution in [0.4, 0.5) is 0 Å². The van der Waals surface area contributed by atoms with E-state index in [4.69, 9.17) is 0 Å². The molecule has 0 amide bonds. The molecule has 2 atom stereocenters. The maximum atomic E-state index is 11.9. The van der Waals surface area contributed by atoms with Crippen LogP contribution in [-0.2, 0) is 6.54 Å². The van der Waals surface area contributed by atoms with Gasteiger partial charge in [-0.2, -0.15) is 0 Å². The molecule has 0 spiro atoms. The number of fused-ring (bicyclic) bond motifs is 3. The van der Waals surface area contributed by atoms with Crippen LogP contribution in [0.2, 0.25) is 0 Å². The lowest BCUT2D eigenvalue weighted by atomic mass is 10.1. The number of aromatic nitrogens is 1. The van der Waals surface area contributed by atoms with Crippen LogP contribution in [0.1, 0.15) is 49.9 Å². The SMILES string of the molecule is CCCCN1CC2CC1CN2CCCn1cc(C(C)=O)c2ccccc21. The van der Waals surface area contributed by atoms with Gasteiger partial charge in [0.05, 0.1) is 0 Å². The fraction of sp³-hybridized carbons (Fsp3) is 0.591. The maximum Gasteiger partial charge on any atom is 0.161 e. The third kappa shape index (κ3) is 3.33. The highest BCUT2D eigenvalue weighted by Crippen LogP contribution is 2.31. The van der Waals surface area contributed by atoms with Crippen molar-refractivity contribution in [1.29, 1.82) is 0 Å². The molecule has 140 valence electrons. The number of carbonyl (C=O) groups excluding carboxylic acids is 1. The summed E-state index contributed by atoms with van der Waals surface area (Å²) in [5, 5.41) is 1.09. The Labute approximate surface area is 156 Å². The van der Waals surface area contributed by atoms with Gasteiger partial charge in [0.25, 0.3) is 0 Å². The van der Waals surface area contributed by atoms with Gasteiger partial charge in [-0.3, -0.25) is 14.6 Å². The number of piperazine rings is 1. The molecule has 2 saturated heterocycles. The molecule has 2 aliphatic heterocycles. The number of hydrogen-bond donors (Lipinski definition) is 0. The Morgan fingerprint density at radius 1 is 1.04 bits per heavy atom. The fourth-order valence-corrected chi connectivity index (χ4v) is 4.90. The molecule has 2 fully saturated rings. The van der Waals surface area contributed by atoms with Crippen LogP contribution in [-0.4, -0.2) is 58.4 Å². The molecule has 4 rings (SSSR count). The highest BCUT2D eigenvalue weighted by Gasteiger charge is 2.42. The summed E-state index contributed by atoms with van der Waals surface area (Å²) in [5.41, 5.74) is 2.04. The van der Waals surface area contributed by atoms with Crippen LogP contribution in [0.5, 0.6) is 0 Å². The van der Waals surface area contributed by atoms with Crippen molar-refractivity contribution in [3.05, 3.63) is 36.0 Å². The molecule has 1 aromatic heterocycles. The second-order valence-corrected chi connectivity index (χ2v) is 8.05. The van der Waals surface area contributed by atoms with E-state index in [1.807, 2.05) is 6.07 Å². The first kappa shape index (κ1) is 17.7. The van der Waals surface area contributed by atoms with Gasteiger partial charge in [0.1, 0.15) is 0 Å². The lowest BCUT2D eigenvalue weighted by Gasteiger charge is -2.34. The average molecular weight is 354 g/mol. The smallest absolute Gasteiger partial charge is 0.161 e. The number of aryl methyl sites for hydroxylation is 1. The topological polar surface area (TPSA) is 28.5 Å². The number of hydrogen-bond acceptors (Lipinski definition) is 3. The molecule has 4 heteroatoms. The van der Waals surface area contributed by atoms with Crippen molar-refractivity contribution < 1.29 is 4.79 Å². The van der Waals surface area contributed by atoms with E-state index in [1.54, 1.807) is 6.92 Å². The van der Waals surface area contributed by atoms with E-state index in [0.29, 0.717) is 0 Å². The Morgan fingerprint density at radius 3 is 2.38 bits per heavy atom. The summed E-state index contributed by atoms with van der Waals surface area (Å²) < 4.78 is 2.27. The third-order valence-corrected chi connectivity index (χ3v) is 6.28. The van der Waals surface area contributed by atoms with Crippen LogP contribution >= 0.6 is 0 Å². The van der Waals surface area contributed by atoms with Gasteiger partial charge in [0.15, 0.2) is 5.78 Å². The quantitative estimate of drug-likeness (QED) is 0.676. The summed E-state index contributed by atoms with van der Waals surface area (Å²) in [7, 11) is 0. The van der Waals surface area contributed by atoms with Gasteiger partial charge in [-0.15, -0.1) is 0 Å². The summed E-state index contributed by atoms with van der Waals surface area (Å²) in [6.07, 6.45) is 7.20. The van der Waals surface area contributed by atoms with Gasteiger partial charge in [-0.05, 0) is 38.8 Å². The molecule has 2 unspecified atom stereocenters. The molecule has 0 radical (unpaired) electrons. The molecule has 2 aliphatic rings. The molecular formula is C22H31N3O. The number of para-hydroxylation sites is 1. The zero-order valence-corrected chi connectivity index (χ0v) is 16.2. The third-order valence-electron chi connectivity index (χ3n) is 6.28. The van der Waals surface area contributed by atoms with Gasteiger partial charge < -0.3 is 4.57 Å². The number of benzene rings is 1. The molecule has 2 bridgehead atoms. The van der Waals surface area contributed by atoms with E-state index in [0.717, 1.165) is 36.0 Å². The molecule has 1 aromatic carbocycles. The van der Waals surface area contributed by atoms with Crippen LogP contribution in [0.3, 0.4) is 0 Å². The van der Waals surface area contributed by atoms with Gasteiger partial charge in [0, 0.05) is 60.9 Å². The summed E-state index contributed by atoms with van der Waals surface area (Å²) in [6, 6.07) is 9.84. The van der Waals surface area contributed by atoms with Crippen LogP contribution in [0.25, 0.3) is 10.9 Å². The van der Waals surface area contributed by atoms with E-state index in [2.05, 4.69) is 45.7 Å². The minimum atomic E-state index is 0.156. The van der Waals surface area contributed by atoms with E-state index in [1.165, 1.54) is 51.0 Å². The number of Topliss-reactive ketones (excluding diaryl/α,β-unsaturated/α-hetero) is 1. The maximum absolute atomic E-state index is 11.9. The molecule has 0 saturated carbocycles. The minimum Gasteiger partial charge on any atom is -0.347 e. The monoisotopic (exact) mass is 353 g/mol. The molecule has 26 heavy (non-hydrogen) atoms. The number of carbonyl (C=O) groups is 1. The highest BCUT2D eigenvalue weighted by molar-refractivity contribution is 6.06. The van der Waals surface area contributed by atoms with E-state index >= 15 is 0 Å². The molecule has 3 heterocycles. The van der Waals surface area contributed by atoms with Gasteiger partial charge in [-0.1, -0.05) is 31.5 Å². The minimum absolute atomic E-state index is 0.156. The van der Waals surface area contributed by atoms with E-state index in [9.17, 15) is 4.79 Å². The van der Waals surface area contributed by atoms with Gasteiger partial charge in [-0.25, -0.2) is 0 Å². The number of likely N-dealkylation sites (tertiary alicyclic amines) is 2. The van der Waals surface area contributed by atoms with Gasteiger partial charge >= 0.3 is 0 Å². The van der Waals surface area contributed by atoms with Crippen molar-refractivity contribution in [2.45, 2.75) is 58.2 Å². The molecule has 0 aliphatic carbocycles. The predicted octanol–water partition coefficient (Wildman–Crippen LogP) is 3.79. The van der Waals surface area contributed by atoms with Crippen LogP contribution in [0, 0.1) is 0 Å². The lowest BCUT2D eigenvalue weighted by molar-refractivity contribution is 0.101. The zero-order valence-electron chi connectivity index (χ0n) is 16.2. The Hall–Kier alpha value is -1.65. The first-order chi connectivity index (χ1) is 12.7. The molecule has 4 nitrogen and oxygen atoms in total. The lowest BCUT2D eigenvalue weighted by Crippen LogP contribution is -2.46. The number of nitrogens with zero attached hydrogens (tertiary/aromatic N) is 3. The standard InChI is InChI=1S/C22H31N3O/c1-3-4-10-23-14-19-13-18(23)15-24(19)11-7-12-25-16-21(17(2)26)20-8-5-6-9-22(20)25/h5-6,8-9,16,18-19H,3-4,7,10-15H2,1-2H3. The first-order valence-corrected chi connectivity index (χ1v) is 10.2. The number of rotatable bonds is 8. The van der Waals surface area contributed by atoms with Gasteiger partial charge in [0.2, 0.25) is 0 Å². The van der Waals surface area contributed by atoms with Crippen molar-refractivity contribution in [3.63, 3.8) is 0 Å². The van der Waals surface area contributed by atoms with Crippen molar-refractivity contribution in [2.75, 3.05) is 26.2 Å². The second kappa shape index (κ2) is 7.53. The predicted molar refractivity (Wildman–Crippen MR) is 107 cm³/mol.